The highest BCUT2D eigenvalue weighted by Crippen LogP contribution is 2.22. The van der Waals surface area contributed by atoms with Crippen molar-refractivity contribution in [2.24, 2.45) is 0 Å². The van der Waals surface area contributed by atoms with Crippen molar-refractivity contribution in [3.05, 3.63) is 18.5 Å². The molecular weight excluding hydrogens is 184 g/mol. The zero-order valence-electron chi connectivity index (χ0n) is 7.23. The third-order valence-electron chi connectivity index (χ3n) is 1.91. The molecule has 0 radical (unpaired) electrons. The van der Waals surface area contributed by atoms with E-state index in [1.807, 2.05) is 0 Å². The van der Waals surface area contributed by atoms with E-state index in [-0.39, 0.29) is 12.5 Å². The molecule has 1 aromatic heterocycles. The zero-order chi connectivity index (χ0) is 10.1. The molecule has 0 aromatic carbocycles. The van der Waals surface area contributed by atoms with Gasteiger partial charge in [0.05, 0.1) is 24.1 Å². The number of nitrogens with two attached hydrogens (primary N) is 1. The molecule has 0 spiro atoms. The van der Waals surface area contributed by atoms with Gasteiger partial charge in [0, 0.05) is 6.20 Å². The predicted molar refractivity (Wildman–Crippen MR) is 49.5 cm³/mol. The van der Waals surface area contributed by atoms with Crippen molar-refractivity contribution >= 4 is 23.3 Å². The Morgan fingerprint density at radius 2 is 2.29 bits per heavy atom. The van der Waals surface area contributed by atoms with E-state index in [9.17, 15) is 9.59 Å². The summed E-state index contributed by atoms with van der Waals surface area (Å²) in [6, 6.07) is 1.07. The highest BCUT2D eigenvalue weighted by atomic mass is 16.2. The summed E-state index contributed by atoms with van der Waals surface area (Å²) in [5.74, 6) is -0.312. The van der Waals surface area contributed by atoms with Crippen LogP contribution >= 0.6 is 0 Å². The van der Waals surface area contributed by atoms with Crippen LogP contribution in [0.5, 0.6) is 0 Å². The van der Waals surface area contributed by atoms with Crippen LogP contribution in [0.4, 0.5) is 16.2 Å². The summed E-state index contributed by atoms with van der Waals surface area (Å²) in [5, 5.41) is 2.41. The van der Waals surface area contributed by atoms with E-state index >= 15 is 0 Å². The summed E-state index contributed by atoms with van der Waals surface area (Å²) in [6.07, 6.45) is 2.87. The van der Waals surface area contributed by atoms with Gasteiger partial charge in [0.25, 0.3) is 5.91 Å². The van der Waals surface area contributed by atoms with E-state index in [0.717, 1.165) is 4.90 Å². The topological polar surface area (TPSA) is 88.3 Å². The summed E-state index contributed by atoms with van der Waals surface area (Å²) >= 11 is 0. The molecule has 0 bridgehead atoms. The van der Waals surface area contributed by atoms with Gasteiger partial charge in [-0.2, -0.15) is 0 Å². The number of carbonyl (C=O) groups excluding carboxylic acids is 2. The van der Waals surface area contributed by atoms with E-state index in [1.165, 1.54) is 18.5 Å². The number of urea groups is 1. The molecule has 6 heteroatoms. The van der Waals surface area contributed by atoms with Gasteiger partial charge in [0.15, 0.2) is 0 Å². The van der Waals surface area contributed by atoms with Gasteiger partial charge in [-0.3, -0.25) is 9.78 Å². The molecule has 2 heterocycles. The second kappa shape index (κ2) is 2.99. The van der Waals surface area contributed by atoms with Crippen LogP contribution in [-0.4, -0.2) is 23.5 Å². The molecule has 0 saturated carbocycles. The van der Waals surface area contributed by atoms with Crippen molar-refractivity contribution in [3.63, 3.8) is 0 Å². The molecule has 1 fully saturated rings. The van der Waals surface area contributed by atoms with Gasteiger partial charge in [-0.15, -0.1) is 0 Å². The summed E-state index contributed by atoms with van der Waals surface area (Å²) in [6.45, 7) is 0.0145. The first-order chi connectivity index (χ1) is 6.70. The van der Waals surface area contributed by atoms with E-state index < -0.39 is 6.03 Å². The van der Waals surface area contributed by atoms with Crippen LogP contribution in [0.25, 0.3) is 0 Å². The van der Waals surface area contributed by atoms with E-state index in [1.54, 1.807) is 0 Å². The maximum Gasteiger partial charge on any atom is 0.329 e. The second-order valence-corrected chi connectivity index (χ2v) is 2.82. The van der Waals surface area contributed by atoms with E-state index in [2.05, 4.69) is 10.3 Å². The number of aromatic nitrogens is 1. The van der Waals surface area contributed by atoms with Gasteiger partial charge in [-0.05, 0) is 6.07 Å². The summed E-state index contributed by atoms with van der Waals surface area (Å²) < 4.78 is 0. The highest BCUT2D eigenvalue weighted by molar-refractivity contribution is 6.21. The smallest absolute Gasteiger partial charge is 0.329 e. The fourth-order valence-corrected chi connectivity index (χ4v) is 1.27. The second-order valence-electron chi connectivity index (χ2n) is 2.82. The van der Waals surface area contributed by atoms with Crippen molar-refractivity contribution in [2.75, 3.05) is 17.2 Å². The number of amides is 3. The van der Waals surface area contributed by atoms with Crippen LogP contribution in [0, 0.1) is 0 Å². The Morgan fingerprint density at radius 3 is 2.86 bits per heavy atom. The first-order valence-corrected chi connectivity index (χ1v) is 4.00. The Balaban J connectivity index is 2.44. The summed E-state index contributed by atoms with van der Waals surface area (Å²) in [5.41, 5.74) is 6.27. The van der Waals surface area contributed by atoms with Gasteiger partial charge in [0.1, 0.15) is 0 Å². The van der Waals surface area contributed by atoms with Crippen LogP contribution in [0.2, 0.25) is 0 Å². The molecule has 14 heavy (non-hydrogen) atoms. The standard InChI is InChI=1S/C8H8N4O2/c9-5-3-10-2-1-6(5)12-7(13)4-11-8(12)14/h1-3H,4,9H2,(H,11,14). The average Bonchev–Trinajstić information content (AvgIpc) is 2.48. The molecule has 3 N–H and O–H groups in total. The fraction of sp³-hybridized carbons (Fsp3) is 0.125. The Bertz CT molecular complexity index is 388. The van der Waals surface area contributed by atoms with E-state index in [0.29, 0.717) is 11.4 Å². The molecule has 0 aliphatic carbocycles. The lowest BCUT2D eigenvalue weighted by molar-refractivity contribution is -0.115. The summed E-state index contributed by atoms with van der Waals surface area (Å²) in [4.78, 5) is 27.3. The monoisotopic (exact) mass is 192 g/mol. The fourth-order valence-electron chi connectivity index (χ4n) is 1.27. The molecule has 2 rings (SSSR count). The van der Waals surface area contributed by atoms with Gasteiger partial charge in [-0.25, -0.2) is 9.69 Å². The number of rotatable bonds is 1. The van der Waals surface area contributed by atoms with Gasteiger partial charge in [-0.1, -0.05) is 0 Å². The number of hydrogen-bond donors (Lipinski definition) is 2. The van der Waals surface area contributed by atoms with Crippen molar-refractivity contribution in [1.29, 1.82) is 0 Å². The Kier molecular flexibility index (Phi) is 1.81. The molecule has 1 aromatic rings. The lowest BCUT2D eigenvalue weighted by Gasteiger charge is -2.13. The number of pyridine rings is 1. The number of hydrogen-bond acceptors (Lipinski definition) is 4. The maximum atomic E-state index is 11.3. The van der Waals surface area contributed by atoms with Crippen molar-refractivity contribution in [1.82, 2.24) is 10.3 Å². The number of nitrogens with one attached hydrogen (secondary N) is 1. The van der Waals surface area contributed by atoms with E-state index in [4.69, 9.17) is 5.73 Å². The van der Waals surface area contributed by atoms with Crippen LogP contribution in [0.3, 0.4) is 0 Å². The maximum absolute atomic E-state index is 11.3. The summed E-state index contributed by atoms with van der Waals surface area (Å²) in [7, 11) is 0. The molecule has 1 saturated heterocycles. The van der Waals surface area contributed by atoms with Gasteiger partial charge in [0.2, 0.25) is 0 Å². The van der Waals surface area contributed by atoms with Crippen molar-refractivity contribution in [3.8, 4) is 0 Å². The molecule has 1 aliphatic heterocycles. The number of nitrogens with zero attached hydrogens (tertiary/aromatic N) is 2. The highest BCUT2D eigenvalue weighted by Gasteiger charge is 2.30. The van der Waals surface area contributed by atoms with Gasteiger partial charge >= 0.3 is 6.03 Å². The number of anilines is 2. The normalized spacial score (nSPS) is 15.9. The lowest BCUT2D eigenvalue weighted by Crippen LogP contribution is -2.31. The molecule has 6 nitrogen and oxygen atoms in total. The average molecular weight is 192 g/mol. The SMILES string of the molecule is Nc1cnccc1N1C(=O)CNC1=O. The van der Waals surface area contributed by atoms with Crippen LogP contribution in [0.1, 0.15) is 0 Å². The van der Waals surface area contributed by atoms with Gasteiger partial charge < -0.3 is 11.1 Å². The van der Waals surface area contributed by atoms with Crippen LogP contribution in [-0.2, 0) is 4.79 Å². The molecule has 1 aliphatic rings. The van der Waals surface area contributed by atoms with Crippen molar-refractivity contribution < 1.29 is 9.59 Å². The minimum atomic E-state index is -0.451. The predicted octanol–water partition coefficient (Wildman–Crippen LogP) is -0.280. The molecular formula is C8H8N4O2. The third-order valence-corrected chi connectivity index (χ3v) is 1.91. The molecule has 0 atom stereocenters. The van der Waals surface area contributed by atoms with Crippen molar-refractivity contribution in [2.45, 2.75) is 0 Å². The molecule has 3 amide bonds. The quantitative estimate of drug-likeness (QED) is 0.599. The Hall–Kier alpha value is -2.11. The molecule has 0 unspecified atom stereocenters. The van der Waals surface area contributed by atoms with Crippen LogP contribution < -0.4 is 16.0 Å². The number of nitrogen functional groups attached to an aromatic ring is 1. The Morgan fingerprint density at radius 1 is 1.50 bits per heavy atom. The minimum Gasteiger partial charge on any atom is -0.396 e. The first kappa shape index (κ1) is 8.49. The number of carbonyl (C=O) groups is 2. The Labute approximate surface area is 79.7 Å². The first-order valence-electron chi connectivity index (χ1n) is 4.00. The minimum absolute atomic E-state index is 0.0145. The lowest BCUT2D eigenvalue weighted by atomic mass is 10.3. The largest absolute Gasteiger partial charge is 0.396 e. The molecule has 72 valence electrons. The van der Waals surface area contributed by atoms with Crippen LogP contribution in [0.15, 0.2) is 18.5 Å². The third kappa shape index (κ3) is 1.17. The zero-order valence-corrected chi connectivity index (χ0v) is 7.23. The number of imide groups is 1.